The summed E-state index contributed by atoms with van der Waals surface area (Å²) in [6.45, 7) is 1.82. The third-order valence-electron chi connectivity index (χ3n) is 2.56. The Hall–Kier alpha value is -1.69. The molecule has 1 heterocycles. The fourth-order valence-electron chi connectivity index (χ4n) is 1.66. The van der Waals surface area contributed by atoms with Crippen molar-refractivity contribution in [2.75, 3.05) is 5.32 Å². The molecule has 0 aliphatic carbocycles. The molecule has 6 heteroatoms. The molecule has 0 radical (unpaired) electrons. The van der Waals surface area contributed by atoms with E-state index >= 15 is 0 Å². The number of benzene rings is 1. The van der Waals surface area contributed by atoms with E-state index in [-0.39, 0.29) is 10.0 Å². The van der Waals surface area contributed by atoms with Crippen LogP contribution in [0.15, 0.2) is 33.4 Å². The number of carbonyl (C=O) groups excluding carboxylic acids is 1. The Kier molecular flexibility index (Phi) is 3.99. The van der Waals surface area contributed by atoms with Crippen LogP contribution < -0.4 is 5.32 Å². The highest BCUT2D eigenvalue weighted by atomic mass is 79.9. The molecule has 0 aliphatic rings. The number of furan rings is 1. The Morgan fingerprint density at radius 2 is 2.00 bits per heavy atom. The highest BCUT2D eigenvalue weighted by Gasteiger charge is 2.18. The van der Waals surface area contributed by atoms with Crippen molar-refractivity contribution in [1.29, 1.82) is 0 Å². The summed E-state index contributed by atoms with van der Waals surface area (Å²) in [5.74, 6) is -1.83. The van der Waals surface area contributed by atoms with Crippen LogP contribution in [-0.4, -0.2) is 5.91 Å². The van der Waals surface area contributed by atoms with Gasteiger partial charge in [-0.25, -0.2) is 8.78 Å². The first-order chi connectivity index (χ1) is 9.02. The van der Waals surface area contributed by atoms with Crippen molar-refractivity contribution in [2.45, 2.75) is 13.3 Å². The summed E-state index contributed by atoms with van der Waals surface area (Å²) in [5.41, 5.74) is -0.208. The molecule has 1 N–H and O–H groups in total. The molecule has 0 aliphatic heterocycles. The van der Waals surface area contributed by atoms with E-state index in [0.29, 0.717) is 12.2 Å². The zero-order valence-electron chi connectivity index (χ0n) is 9.97. The van der Waals surface area contributed by atoms with E-state index in [1.165, 1.54) is 12.3 Å². The normalized spacial score (nSPS) is 10.5. The summed E-state index contributed by atoms with van der Waals surface area (Å²) in [7, 11) is 0. The molecule has 1 aromatic heterocycles. The van der Waals surface area contributed by atoms with Gasteiger partial charge in [0.15, 0.2) is 11.6 Å². The predicted octanol–water partition coefficient (Wildman–Crippen LogP) is 4.14. The SMILES string of the molecule is CCc1occc1C(=O)Nc1c(F)cc(Br)cc1F. The van der Waals surface area contributed by atoms with Gasteiger partial charge in [0.1, 0.15) is 11.4 Å². The molecule has 0 atom stereocenters. The topological polar surface area (TPSA) is 42.2 Å². The van der Waals surface area contributed by atoms with Crippen molar-refractivity contribution in [3.8, 4) is 0 Å². The molecule has 100 valence electrons. The predicted molar refractivity (Wildman–Crippen MR) is 70.1 cm³/mol. The maximum absolute atomic E-state index is 13.6. The van der Waals surface area contributed by atoms with Crippen LogP contribution in [-0.2, 0) is 6.42 Å². The molecule has 2 rings (SSSR count). The standard InChI is InChI=1S/C13H10BrF2NO2/c1-2-11-8(3-4-19-11)13(18)17-12-9(15)5-7(14)6-10(12)16/h3-6H,2H2,1H3,(H,17,18). The Balaban J connectivity index is 2.29. The first kappa shape index (κ1) is 13.7. The van der Waals surface area contributed by atoms with Crippen molar-refractivity contribution in [2.24, 2.45) is 0 Å². The lowest BCUT2D eigenvalue weighted by molar-refractivity contribution is 0.102. The molecule has 0 fully saturated rings. The van der Waals surface area contributed by atoms with Crippen LogP contribution in [0.4, 0.5) is 14.5 Å². The number of aryl methyl sites for hydroxylation is 1. The summed E-state index contributed by atoms with van der Waals surface area (Å²) < 4.78 is 32.5. The van der Waals surface area contributed by atoms with Crippen LogP contribution in [0, 0.1) is 11.6 Å². The Bertz CT molecular complexity index is 602. The van der Waals surface area contributed by atoms with E-state index in [0.717, 1.165) is 12.1 Å². The molecule has 19 heavy (non-hydrogen) atoms. The van der Waals surface area contributed by atoms with E-state index in [1.807, 2.05) is 6.92 Å². The molecular formula is C13H10BrF2NO2. The quantitative estimate of drug-likeness (QED) is 0.919. The minimum absolute atomic E-state index is 0.262. The molecule has 1 aromatic carbocycles. The summed E-state index contributed by atoms with van der Waals surface area (Å²) >= 11 is 2.97. The van der Waals surface area contributed by atoms with Gasteiger partial charge in [0, 0.05) is 10.9 Å². The number of nitrogens with one attached hydrogen (secondary N) is 1. The number of carbonyl (C=O) groups is 1. The molecule has 1 amide bonds. The van der Waals surface area contributed by atoms with Gasteiger partial charge in [-0.2, -0.15) is 0 Å². The zero-order chi connectivity index (χ0) is 14.0. The average molecular weight is 330 g/mol. The van der Waals surface area contributed by atoms with E-state index in [1.54, 1.807) is 0 Å². The van der Waals surface area contributed by atoms with Gasteiger partial charge >= 0.3 is 0 Å². The third kappa shape index (κ3) is 2.84. The molecule has 0 bridgehead atoms. The lowest BCUT2D eigenvalue weighted by Gasteiger charge is -2.08. The van der Waals surface area contributed by atoms with E-state index in [2.05, 4.69) is 21.2 Å². The first-order valence-corrected chi connectivity index (χ1v) is 6.34. The average Bonchev–Trinajstić information content (AvgIpc) is 2.81. The van der Waals surface area contributed by atoms with Gasteiger partial charge < -0.3 is 9.73 Å². The van der Waals surface area contributed by atoms with Crippen LogP contribution in [0.5, 0.6) is 0 Å². The molecule has 2 aromatic rings. The fraction of sp³-hybridized carbons (Fsp3) is 0.154. The van der Waals surface area contributed by atoms with Gasteiger partial charge in [0.2, 0.25) is 0 Å². The van der Waals surface area contributed by atoms with Gasteiger partial charge in [-0.15, -0.1) is 0 Å². The van der Waals surface area contributed by atoms with Crippen molar-refractivity contribution in [1.82, 2.24) is 0 Å². The van der Waals surface area contributed by atoms with Crippen LogP contribution in [0.2, 0.25) is 0 Å². The fourth-order valence-corrected chi connectivity index (χ4v) is 2.06. The van der Waals surface area contributed by atoms with Gasteiger partial charge in [-0.3, -0.25) is 4.79 Å². The summed E-state index contributed by atoms with van der Waals surface area (Å²) in [5, 5.41) is 2.21. The minimum atomic E-state index is -0.846. The highest BCUT2D eigenvalue weighted by Crippen LogP contribution is 2.24. The molecule has 0 unspecified atom stereocenters. The van der Waals surface area contributed by atoms with Crippen molar-refractivity contribution < 1.29 is 18.0 Å². The van der Waals surface area contributed by atoms with Crippen LogP contribution >= 0.6 is 15.9 Å². The second-order valence-electron chi connectivity index (χ2n) is 3.81. The van der Waals surface area contributed by atoms with Crippen LogP contribution in [0.3, 0.4) is 0 Å². The molecule has 0 saturated heterocycles. The molecular weight excluding hydrogens is 320 g/mol. The number of hydrogen-bond acceptors (Lipinski definition) is 2. The van der Waals surface area contributed by atoms with E-state index in [9.17, 15) is 13.6 Å². The number of amides is 1. The second kappa shape index (κ2) is 5.52. The summed E-state index contributed by atoms with van der Waals surface area (Å²) in [4.78, 5) is 11.9. The molecule has 0 saturated carbocycles. The van der Waals surface area contributed by atoms with Crippen molar-refractivity contribution >= 4 is 27.5 Å². The highest BCUT2D eigenvalue weighted by molar-refractivity contribution is 9.10. The number of hydrogen-bond donors (Lipinski definition) is 1. The smallest absolute Gasteiger partial charge is 0.259 e. The van der Waals surface area contributed by atoms with Gasteiger partial charge in [0.25, 0.3) is 5.91 Å². The largest absolute Gasteiger partial charge is 0.469 e. The lowest BCUT2D eigenvalue weighted by Crippen LogP contribution is -2.15. The minimum Gasteiger partial charge on any atom is -0.469 e. The number of anilines is 1. The van der Waals surface area contributed by atoms with Gasteiger partial charge in [-0.05, 0) is 18.2 Å². The molecule has 0 spiro atoms. The zero-order valence-corrected chi connectivity index (χ0v) is 11.6. The maximum atomic E-state index is 13.6. The maximum Gasteiger partial charge on any atom is 0.259 e. The Morgan fingerprint density at radius 1 is 1.37 bits per heavy atom. The van der Waals surface area contributed by atoms with Crippen LogP contribution in [0.1, 0.15) is 23.0 Å². The van der Waals surface area contributed by atoms with E-state index < -0.39 is 23.2 Å². The monoisotopic (exact) mass is 329 g/mol. The molecule has 3 nitrogen and oxygen atoms in total. The van der Waals surface area contributed by atoms with Crippen molar-refractivity contribution in [3.63, 3.8) is 0 Å². The third-order valence-corrected chi connectivity index (χ3v) is 3.01. The second-order valence-corrected chi connectivity index (χ2v) is 4.73. The van der Waals surface area contributed by atoms with Gasteiger partial charge in [-0.1, -0.05) is 22.9 Å². The number of rotatable bonds is 3. The Morgan fingerprint density at radius 3 is 2.58 bits per heavy atom. The summed E-state index contributed by atoms with van der Waals surface area (Å²) in [6, 6.07) is 3.62. The van der Waals surface area contributed by atoms with E-state index in [4.69, 9.17) is 4.42 Å². The first-order valence-electron chi connectivity index (χ1n) is 5.55. The Labute approximate surface area is 116 Å². The number of halogens is 3. The van der Waals surface area contributed by atoms with Crippen LogP contribution in [0.25, 0.3) is 0 Å². The van der Waals surface area contributed by atoms with Crippen molar-refractivity contribution in [3.05, 3.63) is 51.9 Å². The lowest BCUT2D eigenvalue weighted by atomic mass is 10.2. The van der Waals surface area contributed by atoms with Gasteiger partial charge in [0.05, 0.1) is 11.8 Å². The summed E-state index contributed by atoms with van der Waals surface area (Å²) in [6.07, 6.45) is 1.88.